The normalized spacial score (nSPS) is 11.7. The highest BCUT2D eigenvalue weighted by molar-refractivity contribution is 5.84. The first-order chi connectivity index (χ1) is 11.7. The van der Waals surface area contributed by atoms with Gasteiger partial charge < -0.3 is 9.32 Å². The molecule has 0 aliphatic rings. The maximum absolute atomic E-state index is 13.1. The largest absolute Gasteiger partial charge is 0.423 e. The van der Waals surface area contributed by atoms with E-state index < -0.39 is 17.4 Å². The Balaban J connectivity index is 1.98. The van der Waals surface area contributed by atoms with E-state index in [1.807, 2.05) is 0 Å². The molecule has 2 aromatic carbocycles. The van der Waals surface area contributed by atoms with Crippen molar-refractivity contribution in [2.45, 2.75) is 12.7 Å². The van der Waals surface area contributed by atoms with Gasteiger partial charge in [0.1, 0.15) is 11.4 Å². The molecule has 3 rings (SSSR count). The summed E-state index contributed by atoms with van der Waals surface area (Å²) in [6.45, 7) is 0.412. The van der Waals surface area contributed by atoms with E-state index in [4.69, 9.17) is 4.42 Å². The van der Waals surface area contributed by atoms with Crippen molar-refractivity contribution in [3.05, 3.63) is 75.9 Å². The van der Waals surface area contributed by atoms with Crippen LogP contribution in [0.4, 0.5) is 23.2 Å². The molecule has 0 aliphatic carbocycles. The number of fused-ring (bicyclic) bond motifs is 1. The number of rotatable bonds is 3. The molecule has 0 saturated heterocycles. The smallest absolute Gasteiger partial charge is 0.417 e. The minimum absolute atomic E-state index is 0.136. The summed E-state index contributed by atoms with van der Waals surface area (Å²) in [7, 11) is 1.73. The van der Waals surface area contributed by atoms with Crippen LogP contribution < -0.4 is 10.5 Å². The zero-order chi connectivity index (χ0) is 18.2. The molecule has 0 aliphatic heterocycles. The summed E-state index contributed by atoms with van der Waals surface area (Å²) in [5, 5.41) is -0.175. The number of benzene rings is 2. The molecule has 1 heterocycles. The standard InChI is InChI=1S/C18H13F4NO2/c1-23(10-11-2-4-12(19)5-3-11)13-6-7-14-15(18(20,21)22)9-17(24)25-16(14)8-13/h2-9H,10H2,1H3. The van der Waals surface area contributed by atoms with Gasteiger partial charge in [-0.15, -0.1) is 0 Å². The second-order valence-electron chi connectivity index (χ2n) is 5.64. The fraction of sp³-hybridized carbons (Fsp3) is 0.167. The number of hydrogen-bond donors (Lipinski definition) is 0. The van der Waals surface area contributed by atoms with E-state index >= 15 is 0 Å². The summed E-state index contributed by atoms with van der Waals surface area (Å²) >= 11 is 0. The van der Waals surface area contributed by atoms with Crippen molar-refractivity contribution in [3.8, 4) is 0 Å². The lowest BCUT2D eigenvalue weighted by Gasteiger charge is -2.20. The third-order valence-electron chi connectivity index (χ3n) is 3.81. The van der Waals surface area contributed by atoms with Gasteiger partial charge in [-0.3, -0.25) is 0 Å². The van der Waals surface area contributed by atoms with Gasteiger partial charge in [0.2, 0.25) is 0 Å². The number of nitrogens with zero attached hydrogens (tertiary/aromatic N) is 1. The maximum Gasteiger partial charge on any atom is 0.417 e. The Hall–Kier alpha value is -2.83. The third kappa shape index (κ3) is 3.65. The summed E-state index contributed by atoms with van der Waals surface area (Å²) in [4.78, 5) is 13.2. The number of hydrogen-bond acceptors (Lipinski definition) is 3. The van der Waals surface area contributed by atoms with Crippen LogP contribution in [-0.4, -0.2) is 7.05 Å². The number of alkyl halides is 3. The number of anilines is 1. The first kappa shape index (κ1) is 17.0. The van der Waals surface area contributed by atoms with Crippen molar-refractivity contribution >= 4 is 16.7 Å². The van der Waals surface area contributed by atoms with Crippen molar-refractivity contribution in [1.82, 2.24) is 0 Å². The van der Waals surface area contributed by atoms with Gasteiger partial charge >= 0.3 is 11.8 Å². The van der Waals surface area contributed by atoms with Crippen LogP contribution in [-0.2, 0) is 12.7 Å². The highest BCUT2D eigenvalue weighted by Gasteiger charge is 2.33. The topological polar surface area (TPSA) is 33.5 Å². The van der Waals surface area contributed by atoms with Gasteiger partial charge in [0, 0.05) is 36.8 Å². The molecule has 25 heavy (non-hydrogen) atoms. The van der Waals surface area contributed by atoms with Crippen molar-refractivity contribution < 1.29 is 22.0 Å². The molecule has 3 nitrogen and oxygen atoms in total. The SMILES string of the molecule is CN(Cc1ccc(F)cc1)c1ccc2c(C(F)(F)F)cc(=O)oc2c1. The minimum Gasteiger partial charge on any atom is -0.423 e. The highest BCUT2D eigenvalue weighted by Crippen LogP contribution is 2.35. The molecule has 0 saturated carbocycles. The summed E-state index contributed by atoms with van der Waals surface area (Å²) in [5.41, 5.74) is -0.818. The summed E-state index contributed by atoms with van der Waals surface area (Å²) in [6, 6.07) is 10.5. The highest BCUT2D eigenvalue weighted by atomic mass is 19.4. The Bertz CT molecular complexity index is 961. The van der Waals surface area contributed by atoms with Gasteiger partial charge in [0.05, 0.1) is 5.56 Å². The molecule has 0 atom stereocenters. The predicted molar refractivity (Wildman–Crippen MR) is 86.0 cm³/mol. The van der Waals surface area contributed by atoms with E-state index in [1.165, 1.54) is 30.3 Å². The Morgan fingerprint density at radius 3 is 2.36 bits per heavy atom. The van der Waals surface area contributed by atoms with Crippen LogP contribution in [0.15, 0.2) is 57.7 Å². The molecule has 0 unspecified atom stereocenters. The van der Waals surface area contributed by atoms with E-state index in [0.717, 1.165) is 5.56 Å². The molecule has 0 spiro atoms. The van der Waals surface area contributed by atoms with E-state index in [1.54, 1.807) is 24.1 Å². The molecule has 0 amide bonds. The van der Waals surface area contributed by atoms with E-state index in [9.17, 15) is 22.4 Å². The monoisotopic (exact) mass is 351 g/mol. The molecular weight excluding hydrogens is 338 g/mol. The Labute approximate surface area is 140 Å². The van der Waals surface area contributed by atoms with Crippen molar-refractivity contribution in [3.63, 3.8) is 0 Å². The Kier molecular flexibility index (Phi) is 4.24. The zero-order valence-corrected chi connectivity index (χ0v) is 13.1. The van der Waals surface area contributed by atoms with Gasteiger partial charge in [-0.25, -0.2) is 9.18 Å². The average molecular weight is 351 g/mol. The van der Waals surface area contributed by atoms with Crippen molar-refractivity contribution in [2.24, 2.45) is 0 Å². The second kappa shape index (κ2) is 6.23. The van der Waals surface area contributed by atoms with Crippen molar-refractivity contribution in [1.29, 1.82) is 0 Å². The van der Waals surface area contributed by atoms with Crippen LogP contribution in [0.2, 0.25) is 0 Å². The van der Waals surface area contributed by atoms with Gasteiger partial charge in [0.15, 0.2) is 0 Å². The third-order valence-corrected chi connectivity index (χ3v) is 3.81. The Morgan fingerprint density at radius 2 is 1.72 bits per heavy atom. The molecule has 0 fully saturated rings. The lowest BCUT2D eigenvalue weighted by atomic mass is 10.1. The average Bonchev–Trinajstić information content (AvgIpc) is 2.54. The van der Waals surface area contributed by atoms with E-state index in [0.29, 0.717) is 18.3 Å². The van der Waals surface area contributed by atoms with E-state index in [2.05, 4.69) is 0 Å². The lowest BCUT2D eigenvalue weighted by molar-refractivity contribution is -0.136. The van der Waals surface area contributed by atoms with Gasteiger partial charge in [-0.2, -0.15) is 13.2 Å². The van der Waals surface area contributed by atoms with Crippen LogP contribution in [0.3, 0.4) is 0 Å². The molecule has 0 bridgehead atoms. The number of halogens is 4. The molecule has 130 valence electrons. The quantitative estimate of drug-likeness (QED) is 0.511. The molecule has 1 aromatic heterocycles. The fourth-order valence-corrected chi connectivity index (χ4v) is 2.58. The maximum atomic E-state index is 13.1. The van der Waals surface area contributed by atoms with Crippen LogP contribution in [0.1, 0.15) is 11.1 Å². The summed E-state index contributed by atoms with van der Waals surface area (Å²) in [5.74, 6) is -0.349. The van der Waals surface area contributed by atoms with Crippen molar-refractivity contribution in [2.75, 3.05) is 11.9 Å². The van der Waals surface area contributed by atoms with Gasteiger partial charge in [0.25, 0.3) is 0 Å². The van der Waals surface area contributed by atoms with Gasteiger partial charge in [-0.1, -0.05) is 12.1 Å². The minimum atomic E-state index is -4.64. The predicted octanol–water partition coefficient (Wildman–Crippen LogP) is 4.59. The fourth-order valence-electron chi connectivity index (χ4n) is 2.58. The molecule has 0 N–H and O–H groups in total. The van der Waals surface area contributed by atoms with E-state index in [-0.39, 0.29) is 16.8 Å². The van der Waals surface area contributed by atoms with Crippen LogP contribution in [0, 0.1) is 5.82 Å². The first-order valence-electron chi connectivity index (χ1n) is 7.35. The van der Waals surface area contributed by atoms with Crippen LogP contribution >= 0.6 is 0 Å². The first-order valence-corrected chi connectivity index (χ1v) is 7.35. The second-order valence-corrected chi connectivity index (χ2v) is 5.64. The van der Waals surface area contributed by atoms with Gasteiger partial charge in [-0.05, 0) is 29.8 Å². The zero-order valence-electron chi connectivity index (χ0n) is 13.1. The molecule has 0 radical (unpaired) electrons. The lowest BCUT2D eigenvalue weighted by Crippen LogP contribution is -2.16. The Morgan fingerprint density at radius 1 is 1.04 bits per heavy atom. The summed E-state index contributed by atoms with van der Waals surface area (Å²) < 4.78 is 57.0. The van der Waals surface area contributed by atoms with Crippen LogP contribution in [0.5, 0.6) is 0 Å². The molecule has 3 aromatic rings. The molecule has 7 heteroatoms. The van der Waals surface area contributed by atoms with Crippen LogP contribution in [0.25, 0.3) is 11.0 Å². The summed E-state index contributed by atoms with van der Waals surface area (Å²) in [6.07, 6.45) is -4.64. The molecular formula is C18H13F4NO2.